The first kappa shape index (κ1) is 28.4. The van der Waals surface area contributed by atoms with Gasteiger partial charge in [0.2, 0.25) is 5.91 Å². The third kappa shape index (κ3) is 5.21. The monoisotopic (exact) mass is 593 g/mol. The molecule has 2 aromatic carbocycles. The second kappa shape index (κ2) is 10.8. The largest absolute Gasteiger partial charge is 0.383 e. The Bertz CT molecular complexity index is 1890. The van der Waals surface area contributed by atoms with Gasteiger partial charge in [-0.05, 0) is 53.8 Å². The van der Waals surface area contributed by atoms with Gasteiger partial charge in [0.15, 0.2) is 0 Å². The first-order valence-electron chi connectivity index (χ1n) is 14.2. The van der Waals surface area contributed by atoms with Crippen molar-refractivity contribution in [3.8, 4) is 6.07 Å². The third-order valence-electron chi connectivity index (χ3n) is 8.06. The Labute approximate surface area is 254 Å². The van der Waals surface area contributed by atoms with E-state index < -0.39 is 17.5 Å². The molecular formula is C32H32ClN9O. The average molecular weight is 594 g/mol. The van der Waals surface area contributed by atoms with Crippen LogP contribution in [0.3, 0.4) is 0 Å². The first-order chi connectivity index (χ1) is 20.6. The van der Waals surface area contributed by atoms with Gasteiger partial charge in [-0.2, -0.15) is 5.26 Å². The highest BCUT2D eigenvalue weighted by Gasteiger charge is 2.46. The summed E-state index contributed by atoms with van der Waals surface area (Å²) < 4.78 is 1.61. The van der Waals surface area contributed by atoms with E-state index in [-0.39, 0.29) is 5.41 Å². The summed E-state index contributed by atoms with van der Waals surface area (Å²) in [5, 5.41) is 29.0. The summed E-state index contributed by atoms with van der Waals surface area (Å²) in [7, 11) is 0. The summed E-state index contributed by atoms with van der Waals surface area (Å²) in [6.07, 6.45) is 9.08. The van der Waals surface area contributed by atoms with Gasteiger partial charge in [0.25, 0.3) is 0 Å². The van der Waals surface area contributed by atoms with Gasteiger partial charge in [-0.1, -0.05) is 55.8 Å². The zero-order valence-electron chi connectivity index (χ0n) is 24.2. The molecule has 0 radical (unpaired) electrons. The topological polar surface area (TPSA) is 147 Å². The lowest BCUT2D eigenvalue weighted by Crippen LogP contribution is -2.51. The molecule has 1 saturated carbocycles. The zero-order chi connectivity index (χ0) is 30.4. The molecule has 1 aliphatic rings. The molecule has 218 valence electrons. The number of hydrogen-bond donors (Lipinski definition) is 3. The van der Waals surface area contributed by atoms with Crippen LogP contribution in [-0.2, 0) is 10.3 Å². The number of nitrogens with two attached hydrogens (primary N) is 1. The molecule has 6 rings (SSSR count). The van der Waals surface area contributed by atoms with Crippen LogP contribution in [0.1, 0.15) is 62.9 Å². The molecule has 0 bridgehead atoms. The molecule has 3 heterocycles. The highest BCUT2D eigenvalue weighted by Crippen LogP contribution is 2.40. The van der Waals surface area contributed by atoms with Gasteiger partial charge in [0.05, 0.1) is 34.0 Å². The zero-order valence-corrected chi connectivity index (χ0v) is 25.0. The molecule has 1 atom stereocenters. The van der Waals surface area contributed by atoms with Gasteiger partial charge in [-0.15, -0.1) is 5.10 Å². The van der Waals surface area contributed by atoms with Crippen LogP contribution < -0.4 is 16.4 Å². The Morgan fingerprint density at radius 1 is 1.21 bits per heavy atom. The van der Waals surface area contributed by atoms with Crippen LogP contribution in [0.5, 0.6) is 0 Å². The third-order valence-corrected chi connectivity index (χ3v) is 8.35. The van der Waals surface area contributed by atoms with Gasteiger partial charge in [0.1, 0.15) is 17.3 Å². The highest BCUT2D eigenvalue weighted by molar-refractivity contribution is 6.35. The number of hydrogen-bond acceptors (Lipinski definition) is 8. The minimum Gasteiger partial charge on any atom is -0.383 e. The molecule has 0 unspecified atom stereocenters. The van der Waals surface area contributed by atoms with E-state index in [9.17, 15) is 10.1 Å². The lowest BCUT2D eigenvalue weighted by atomic mass is 9.76. The molecule has 10 nitrogen and oxygen atoms in total. The smallest absolute Gasteiger partial charge is 0.245 e. The predicted molar refractivity (Wildman–Crippen MR) is 168 cm³/mol. The Morgan fingerprint density at radius 3 is 2.72 bits per heavy atom. The first-order valence-corrected chi connectivity index (χ1v) is 14.6. The Hall–Kier alpha value is -4.75. The van der Waals surface area contributed by atoms with Crippen molar-refractivity contribution in [2.45, 2.75) is 51.6 Å². The highest BCUT2D eigenvalue weighted by atomic mass is 35.5. The van der Waals surface area contributed by atoms with Crippen molar-refractivity contribution in [1.82, 2.24) is 25.0 Å². The van der Waals surface area contributed by atoms with Crippen LogP contribution in [0.4, 0.5) is 11.4 Å². The van der Waals surface area contributed by atoms with Crippen molar-refractivity contribution in [1.29, 1.82) is 5.26 Å². The van der Waals surface area contributed by atoms with Gasteiger partial charge >= 0.3 is 0 Å². The number of primary amides is 1. The molecule has 43 heavy (non-hydrogen) atoms. The molecule has 5 aromatic rings. The fourth-order valence-corrected chi connectivity index (χ4v) is 5.84. The molecule has 1 amide bonds. The summed E-state index contributed by atoms with van der Waals surface area (Å²) in [5.74, 6) is -0.409. The predicted octanol–water partition coefficient (Wildman–Crippen LogP) is 5.92. The van der Waals surface area contributed by atoms with Crippen LogP contribution in [-0.4, -0.2) is 37.4 Å². The van der Waals surface area contributed by atoms with Crippen LogP contribution in [0.15, 0.2) is 61.2 Å². The quantitative estimate of drug-likeness (QED) is 0.201. The van der Waals surface area contributed by atoms with Crippen molar-refractivity contribution in [2.24, 2.45) is 11.1 Å². The number of halogens is 1. The van der Waals surface area contributed by atoms with Crippen molar-refractivity contribution in [2.75, 3.05) is 17.2 Å². The number of nitrogens with zero attached hydrogens (tertiary/aromatic N) is 6. The van der Waals surface area contributed by atoms with Crippen LogP contribution in [0, 0.1) is 16.7 Å². The Morgan fingerprint density at radius 2 is 2.02 bits per heavy atom. The van der Waals surface area contributed by atoms with Gasteiger partial charge < -0.3 is 16.4 Å². The van der Waals surface area contributed by atoms with E-state index >= 15 is 0 Å². The molecular weight excluding hydrogens is 562 g/mol. The SMILES string of the molecule is CC(C)(C)CNc1c(C#N)cnc2c(Cl)cc(N[C@H](c3cn(C4(C(N)=O)CCC4)nn3)c3cccc4cnccc34)cc12. The molecule has 3 aromatic heterocycles. The number of carbonyl (C=O) groups is 1. The number of nitriles is 1. The van der Waals surface area contributed by atoms with Crippen molar-refractivity contribution in [3.63, 3.8) is 0 Å². The van der Waals surface area contributed by atoms with Crippen molar-refractivity contribution >= 4 is 50.6 Å². The number of nitrogens with one attached hydrogen (secondary N) is 2. The fourth-order valence-electron chi connectivity index (χ4n) is 5.57. The number of anilines is 2. The van der Waals surface area contributed by atoms with E-state index in [0.29, 0.717) is 52.6 Å². The number of rotatable bonds is 8. The molecule has 0 saturated heterocycles. The van der Waals surface area contributed by atoms with E-state index in [0.717, 1.165) is 28.1 Å². The number of pyridine rings is 2. The average Bonchev–Trinajstić information content (AvgIpc) is 3.43. The van der Waals surface area contributed by atoms with Gasteiger partial charge in [-0.25, -0.2) is 4.68 Å². The van der Waals surface area contributed by atoms with Gasteiger partial charge in [0, 0.05) is 41.6 Å². The second-order valence-corrected chi connectivity index (χ2v) is 12.7. The molecule has 0 aliphatic heterocycles. The summed E-state index contributed by atoms with van der Waals surface area (Å²) >= 11 is 6.81. The van der Waals surface area contributed by atoms with E-state index in [1.165, 1.54) is 0 Å². The maximum atomic E-state index is 12.4. The summed E-state index contributed by atoms with van der Waals surface area (Å²) in [5.41, 5.74) is 8.90. The second-order valence-electron chi connectivity index (χ2n) is 12.3. The molecule has 4 N–H and O–H groups in total. The standard InChI is InChI=1S/C32H32ClN9O/c1-31(2,3)18-38-27-20(14-34)16-37-28-24(27)12-21(13-25(28)33)39-29(23-7-4-6-19-15-36-11-8-22(19)23)26-17-42(41-40-26)32(30(35)43)9-5-10-32/h4,6-8,11-13,15-17,29,39H,5,9-10,18H2,1-3H3,(H2,35,43)(H,37,38)/t29-/m0/s1. The van der Waals surface area contributed by atoms with Crippen LogP contribution in [0.25, 0.3) is 21.7 Å². The number of aromatic nitrogens is 5. The number of amides is 1. The van der Waals surface area contributed by atoms with Crippen molar-refractivity contribution in [3.05, 3.63) is 83.0 Å². The summed E-state index contributed by atoms with van der Waals surface area (Å²) in [4.78, 5) is 21.2. The lowest BCUT2D eigenvalue weighted by Gasteiger charge is -2.38. The van der Waals surface area contributed by atoms with E-state index in [1.54, 1.807) is 23.3 Å². The maximum absolute atomic E-state index is 12.4. The van der Waals surface area contributed by atoms with E-state index in [4.69, 9.17) is 17.3 Å². The molecule has 0 spiro atoms. The minimum absolute atomic E-state index is 0.0230. The molecule has 1 fully saturated rings. The number of carbonyl (C=O) groups excluding carboxylic acids is 1. The normalized spacial score (nSPS) is 15.0. The van der Waals surface area contributed by atoms with E-state index in [2.05, 4.69) is 57.8 Å². The van der Waals surface area contributed by atoms with E-state index in [1.807, 2.05) is 42.6 Å². The Kier molecular flexibility index (Phi) is 7.14. The van der Waals surface area contributed by atoms with Crippen molar-refractivity contribution < 1.29 is 4.79 Å². The number of fused-ring (bicyclic) bond motifs is 2. The molecule has 1 aliphatic carbocycles. The molecule has 11 heteroatoms. The number of benzene rings is 2. The van der Waals surface area contributed by atoms with Crippen LogP contribution in [0.2, 0.25) is 5.02 Å². The van der Waals surface area contributed by atoms with Gasteiger partial charge in [-0.3, -0.25) is 14.8 Å². The minimum atomic E-state index is -0.863. The fraction of sp³-hybridized carbons (Fsp3) is 0.312. The maximum Gasteiger partial charge on any atom is 0.245 e. The summed E-state index contributed by atoms with van der Waals surface area (Å²) in [6, 6.07) is 13.5. The Balaban J connectivity index is 1.49. The van der Waals surface area contributed by atoms with Crippen LogP contribution >= 0.6 is 11.6 Å². The lowest BCUT2D eigenvalue weighted by molar-refractivity contribution is -0.131. The summed E-state index contributed by atoms with van der Waals surface area (Å²) in [6.45, 7) is 7.02.